The highest BCUT2D eigenvalue weighted by Gasteiger charge is 2.29. The molecule has 0 fully saturated rings. The third kappa shape index (κ3) is 5.72. The Hall–Kier alpha value is -2.54. The van der Waals surface area contributed by atoms with E-state index in [0.29, 0.717) is 30.3 Å². The van der Waals surface area contributed by atoms with Crippen LogP contribution >= 0.6 is 15.9 Å². The van der Waals surface area contributed by atoms with Crippen LogP contribution in [0, 0.1) is 23.5 Å². The molecule has 2 aromatic carbocycles. The van der Waals surface area contributed by atoms with Gasteiger partial charge in [-0.2, -0.15) is 5.10 Å². The number of benzene rings is 2. The number of halogens is 3. The lowest BCUT2D eigenvalue weighted by atomic mass is 9.93. The van der Waals surface area contributed by atoms with Crippen molar-refractivity contribution in [2.45, 2.75) is 65.7 Å². The molecular weight excluding hydrogens is 524 g/mol. The largest absolute Gasteiger partial charge is 0.350 e. The van der Waals surface area contributed by atoms with Gasteiger partial charge in [0, 0.05) is 28.2 Å². The topological polar surface area (TPSA) is 46.9 Å². The fraction of sp³-hybridized carbons (Fsp3) is 0.448. The molecule has 0 saturated carbocycles. The van der Waals surface area contributed by atoms with Crippen molar-refractivity contribution in [1.82, 2.24) is 15.1 Å². The number of nitrogens with zero attached hydrogens (tertiary/aromatic N) is 2. The number of carbonyl (C=O) groups excluding carboxylic acids is 1. The lowest BCUT2D eigenvalue weighted by molar-refractivity contribution is 0.0940. The maximum absolute atomic E-state index is 14.9. The summed E-state index contributed by atoms with van der Waals surface area (Å²) >= 11 is 3.54. The number of hydrogen-bond donors (Lipinski definition) is 1. The predicted molar refractivity (Wildman–Crippen MR) is 143 cm³/mol. The SMILES string of the molecule is CCC(CC)CCC(C)CNC(=O)c1nn(-c2ccc(F)cc2F)c2c1CCCc1cc(Br)ccc1-2. The van der Waals surface area contributed by atoms with Gasteiger partial charge in [0.25, 0.3) is 5.91 Å². The second-order valence-electron chi connectivity index (χ2n) is 9.91. The van der Waals surface area contributed by atoms with Crippen LogP contribution in [0.5, 0.6) is 0 Å². The van der Waals surface area contributed by atoms with E-state index in [0.717, 1.165) is 58.8 Å². The van der Waals surface area contributed by atoms with Gasteiger partial charge in [0.15, 0.2) is 11.5 Å². The maximum Gasteiger partial charge on any atom is 0.272 e. The first-order valence-electron chi connectivity index (χ1n) is 13.0. The Bertz CT molecular complexity index is 1240. The third-order valence-corrected chi connectivity index (χ3v) is 7.86. The Morgan fingerprint density at radius 2 is 1.89 bits per heavy atom. The third-order valence-electron chi connectivity index (χ3n) is 7.37. The van der Waals surface area contributed by atoms with Crippen LogP contribution in [0.4, 0.5) is 8.78 Å². The van der Waals surface area contributed by atoms with Gasteiger partial charge in [-0.3, -0.25) is 4.79 Å². The van der Waals surface area contributed by atoms with Crippen LogP contribution in [0.1, 0.15) is 74.5 Å². The van der Waals surface area contributed by atoms with E-state index in [-0.39, 0.29) is 11.6 Å². The normalized spacial score (nSPS) is 13.8. The predicted octanol–water partition coefficient (Wildman–Crippen LogP) is 7.65. The summed E-state index contributed by atoms with van der Waals surface area (Å²) in [6.07, 6.45) is 6.90. The lowest BCUT2D eigenvalue weighted by Gasteiger charge is -2.16. The molecule has 192 valence electrons. The van der Waals surface area contributed by atoms with Gasteiger partial charge in [-0.25, -0.2) is 13.5 Å². The summed E-state index contributed by atoms with van der Waals surface area (Å²) in [6.45, 7) is 7.17. The van der Waals surface area contributed by atoms with Crippen molar-refractivity contribution in [3.05, 3.63) is 69.3 Å². The van der Waals surface area contributed by atoms with Crippen LogP contribution in [0.15, 0.2) is 40.9 Å². The van der Waals surface area contributed by atoms with Crippen molar-refractivity contribution in [3.8, 4) is 16.9 Å². The summed E-state index contributed by atoms with van der Waals surface area (Å²) in [6, 6.07) is 9.42. The van der Waals surface area contributed by atoms with E-state index in [1.807, 2.05) is 12.1 Å². The van der Waals surface area contributed by atoms with Crippen molar-refractivity contribution in [3.63, 3.8) is 0 Å². The molecule has 7 heteroatoms. The molecule has 0 saturated heterocycles. The molecule has 0 aliphatic heterocycles. The standard InChI is InChI=1S/C29H34BrF2N3O/c1-4-19(5-2)10-9-18(3)17-33-29(36)27-24-8-6-7-20-15-21(30)11-13-23(20)28(24)35(34-27)26-14-12-22(31)16-25(26)32/h11-16,18-19H,4-10,17H2,1-3H3,(H,33,36). The zero-order valence-electron chi connectivity index (χ0n) is 21.2. The first kappa shape index (κ1) is 26.5. The molecule has 0 bridgehead atoms. The first-order chi connectivity index (χ1) is 17.3. The number of aromatic nitrogens is 2. The smallest absolute Gasteiger partial charge is 0.272 e. The molecule has 0 radical (unpaired) electrons. The molecule has 1 aromatic heterocycles. The molecular formula is C29H34BrF2N3O. The van der Waals surface area contributed by atoms with Crippen molar-refractivity contribution >= 4 is 21.8 Å². The zero-order valence-corrected chi connectivity index (χ0v) is 22.8. The Balaban J connectivity index is 1.68. The average Bonchev–Trinajstić information content (AvgIpc) is 3.12. The number of amides is 1. The number of hydrogen-bond acceptors (Lipinski definition) is 2. The number of aryl methyl sites for hydroxylation is 1. The highest BCUT2D eigenvalue weighted by molar-refractivity contribution is 9.10. The minimum atomic E-state index is -0.717. The molecule has 3 aromatic rings. The summed E-state index contributed by atoms with van der Waals surface area (Å²) < 4.78 is 31.0. The molecule has 1 aliphatic carbocycles. The number of rotatable bonds is 9. The van der Waals surface area contributed by atoms with Gasteiger partial charge in [0.1, 0.15) is 11.5 Å². The summed E-state index contributed by atoms with van der Waals surface area (Å²) in [5.74, 6) is -0.546. The van der Waals surface area contributed by atoms with Crippen LogP contribution < -0.4 is 5.32 Å². The van der Waals surface area contributed by atoms with E-state index in [1.54, 1.807) is 0 Å². The Morgan fingerprint density at radius 1 is 1.11 bits per heavy atom. The molecule has 1 unspecified atom stereocenters. The van der Waals surface area contributed by atoms with Crippen LogP contribution in [-0.2, 0) is 12.8 Å². The van der Waals surface area contributed by atoms with Crippen LogP contribution in [-0.4, -0.2) is 22.2 Å². The molecule has 4 nitrogen and oxygen atoms in total. The fourth-order valence-corrected chi connectivity index (χ4v) is 5.51. The van der Waals surface area contributed by atoms with E-state index >= 15 is 0 Å². The van der Waals surface area contributed by atoms with Gasteiger partial charge >= 0.3 is 0 Å². The minimum Gasteiger partial charge on any atom is -0.350 e. The van der Waals surface area contributed by atoms with Crippen molar-refractivity contribution < 1.29 is 13.6 Å². The monoisotopic (exact) mass is 557 g/mol. The van der Waals surface area contributed by atoms with E-state index in [4.69, 9.17) is 0 Å². The molecule has 36 heavy (non-hydrogen) atoms. The number of nitrogens with one attached hydrogen (secondary N) is 1. The second kappa shape index (κ2) is 11.7. The molecule has 1 heterocycles. The summed E-state index contributed by atoms with van der Waals surface area (Å²) in [4.78, 5) is 13.4. The van der Waals surface area contributed by atoms with Crippen LogP contribution in [0.2, 0.25) is 0 Å². The van der Waals surface area contributed by atoms with E-state index in [9.17, 15) is 13.6 Å². The molecule has 0 spiro atoms. The number of fused-ring (bicyclic) bond motifs is 3. The first-order valence-corrected chi connectivity index (χ1v) is 13.8. The van der Waals surface area contributed by atoms with Gasteiger partial charge in [-0.1, -0.05) is 62.0 Å². The summed E-state index contributed by atoms with van der Waals surface area (Å²) in [5.41, 5.74) is 3.97. The van der Waals surface area contributed by atoms with Crippen LogP contribution in [0.3, 0.4) is 0 Å². The molecule has 1 atom stereocenters. The summed E-state index contributed by atoms with van der Waals surface area (Å²) in [5, 5.41) is 7.70. The lowest BCUT2D eigenvalue weighted by Crippen LogP contribution is -2.29. The average molecular weight is 559 g/mol. The quantitative estimate of drug-likeness (QED) is 0.293. The Morgan fingerprint density at radius 3 is 2.61 bits per heavy atom. The van der Waals surface area contributed by atoms with Gasteiger partial charge in [0.2, 0.25) is 0 Å². The van der Waals surface area contributed by atoms with Crippen molar-refractivity contribution in [1.29, 1.82) is 0 Å². The number of carbonyl (C=O) groups is 1. The van der Waals surface area contributed by atoms with Crippen LogP contribution in [0.25, 0.3) is 16.9 Å². The zero-order chi connectivity index (χ0) is 25.8. The van der Waals surface area contributed by atoms with Crippen molar-refractivity contribution in [2.75, 3.05) is 6.54 Å². The van der Waals surface area contributed by atoms with Gasteiger partial charge in [-0.15, -0.1) is 0 Å². The summed E-state index contributed by atoms with van der Waals surface area (Å²) in [7, 11) is 0. The molecule has 1 aliphatic rings. The fourth-order valence-electron chi connectivity index (χ4n) is 5.10. The highest BCUT2D eigenvalue weighted by atomic mass is 79.9. The van der Waals surface area contributed by atoms with Gasteiger partial charge in [0.05, 0.1) is 5.69 Å². The van der Waals surface area contributed by atoms with E-state index in [2.05, 4.69) is 53.2 Å². The van der Waals surface area contributed by atoms with E-state index < -0.39 is 11.6 Å². The van der Waals surface area contributed by atoms with Crippen molar-refractivity contribution in [2.24, 2.45) is 11.8 Å². The Labute approximate surface area is 220 Å². The maximum atomic E-state index is 14.9. The highest BCUT2D eigenvalue weighted by Crippen LogP contribution is 2.37. The minimum absolute atomic E-state index is 0.126. The van der Waals surface area contributed by atoms with E-state index in [1.165, 1.54) is 29.7 Å². The Kier molecular flexibility index (Phi) is 8.60. The molecule has 1 N–H and O–H groups in total. The molecule has 4 rings (SSSR count). The molecule has 1 amide bonds. The second-order valence-corrected chi connectivity index (χ2v) is 10.8. The van der Waals surface area contributed by atoms with Gasteiger partial charge in [-0.05, 0) is 67.3 Å². The van der Waals surface area contributed by atoms with Gasteiger partial charge < -0.3 is 5.32 Å².